The Kier molecular flexibility index (Phi) is 7.20. The summed E-state index contributed by atoms with van der Waals surface area (Å²) >= 11 is 0. The van der Waals surface area contributed by atoms with E-state index < -0.39 is 30.4 Å². The molecule has 7 nitrogen and oxygen atoms in total. The summed E-state index contributed by atoms with van der Waals surface area (Å²) in [7, 11) is 0. The lowest BCUT2D eigenvalue weighted by Crippen LogP contribution is -2.51. The first-order valence-corrected chi connectivity index (χ1v) is 8.67. The van der Waals surface area contributed by atoms with Crippen LogP contribution in [0.3, 0.4) is 0 Å². The lowest BCUT2D eigenvalue weighted by Gasteiger charge is -2.33. The van der Waals surface area contributed by atoms with Crippen LogP contribution in [0, 0.1) is 0 Å². The molecule has 2 N–H and O–H groups in total. The monoisotopic (exact) mass is 360 g/mol. The van der Waals surface area contributed by atoms with Crippen LogP contribution in [-0.4, -0.2) is 48.5 Å². The SMILES string of the molecule is CCOc1ccc(/C=C/C(=O)OCC(=O)N2CCCC[C@@H]2C(N)=O)cc1. The van der Waals surface area contributed by atoms with Gasteiger partial charge in [-0.25, -0.2) is 4.79 Å². The summed E-state index contributed by atoms with van der Waals surface area (Å²) in [6, 6.07) is 6.61. The van der Waals surface area contributed by atoms with Crippen molar-refractivity contribution in [3.63, 3.8) is 0 Å². The number of ether oxygens (including phenoxy) is 2. The van der Waals surface area contributed by atoms with Gasteiger partial charge in [0.05, 0.1) is 6.61 Å². The van der Waals surface area contributed by atoms with Crippen LogP contribution >= 0.6 is 0 Å². The number of carbonyl (C=O) groups excluding carboxylic acids is 3. The van der Waals surface area contributed by atoms with Crippen molar-refractivity contribution in [2.75, 3.05) is 19.8 Å². The quantitative estimate of drug-likeness (QED) is 0.587. The van der Waals surface area contributed by atoms with E-state index in [0.29, 0.717) is 19.6 Å². The largest absolute Gasteiger partial charge is 0.494 e. The maximum absolute atomic E-state index is 12.2. The van der Waals surface area contributed by atoms with Crippen LogP contribution in [0.1, 0.15) is 31.7 Å². The van der Waals surface area contributed by atoms with Gasteiger partial charge in [-0.3, -0.25) is 9.59 Å². The minimum atomic E-state index is -0.625. The number of carbonyl (C=O) groups is 3. The van der Waals surface area contributed by atoms with Crippen molar-refractivity contribution in [1.29, 1.82) is 0 Å². The lowest BCUT2D eigenvalue weighted by atomic mass is 10.0. The Balaban J connectivity index is 1.83. The molecule has 26 heavy (non-hydrogen) atoms. The summed E-state index contributed by atoms with van der Waals surface area (Å²) in [5.74, 6) is -0.806. The van der Waals surface area contributed by atoms with E-state index in [9.17, 15) is 14.4 Å². The fraction of sp³-hybridized carbons (Fsp3) is 0.421. The standard InChI is InChI=1S/C19H24N2O5/c1-2-25-15-9-6-14(7-10-15)8-11-18(23)26-13-17(22)21-12-4-3-5-16(21)19(20)24/h6-11,16H,2-5,12-13H2,1H3,(H2,20,24)/b11-8+/t16-/m1/s1. The molecule has 1 aromatic rings. The number of benzene rings is 1. The van der Waals surface area contributed by atoms with Crippen molar-refractivity contribution in [2.24, 2.45) is 5.73 Å². The van der Waals surface area contributed by atoms with E-state index in [1.54, 1.807) is 18.2 Å². The normalized spacial score (nSPS) is 17.1. The molecule has 1 heterocycles. The highest BCUT2D eigenvalue weighted by Gasteiger charge is 2.30. The van der Waals surface area contributed by atoms with Gasteiger partial charge in [0.15, 0.2) is 6.61 Å². The Morgan fingerprint density at radius 2 is 1.96 bits per heavy atom. The van der Waals surface area contributed by atoms with Crippen molar-refractivity contribution in [2.45, 2.75) is 32.2 Å². The molecule has 0 aliphatic carbocycles. The molecule has 1 saturated heterocycles. The average Bonchev–Trinajstić information content (AvgIpc) is 2.65. The molecule has 140 valence electrons. The number of nitrogens with zero attached hydrogens (tertiary/aromatic N) is 1. The third kappa shape index (κ3) is 5.61. The van der Waals surface area contributed by atoms with Gasteiger partial charge in [0.1, 0.15) is 11.8 Å². The summed E-state index contributed by atoms with van der Waals surface area (Å²) in [6.07, 6.45) is 5.05. The molecule has 0 saturated carbocycles. The molecule has 0 aromatic heterocycles. The molecule has 0 unspecified atom stereocenters. The highest BCUT2D eigenvalue weighted by molar-refractivity contribution is 5.91. The summed E-state index contributed by atoms with van der Waals surface area (Å²) in [5, 5.41) is 0. The van der Waals surface area contributed by atoms with Gasteiger partial charge >= 0.3 is 5.97 Å². The van der Waals surface area contributed by atoms with E-state index in [1.165, 1.54) is 11.0 Å². The number of amides is 2. The number of piperidine rings is 1. The number of rotatable bonds is 7. The van der Waals surface area contributed by atoms with Crippen LogP contribution in [0.2, 0.25) is 0 Å². The van der Waals surface area contributed by atoms with Gasteiger partial charge < -0.3 is 20.1 Å². The predicted octanol–water partition coefficient (Wildman–Crippen LogP) is 1.51. The first-order chi connectivity index (χ1) is 12.5. The van der Waals surface area contributed by atoms with Crippen LogP contribution in [-0.2, 0) is 19.1 Å². The van der Waals surface area contributed by atoms with E-state index in [-0.39, 0.29) is 0 Å². The number of hydrogen-bond donors (Lipinski definition) is 1. The zero-order valence-electron chi connectivity index (χ0n) is 14.8. The van der Waals surface area contributed by atoms with Gasteiger partial charge in [0.25, 0.3) is 5.91 Å². The molecule has 0 spiro atoms. The van der Waals surface area contributed by atoms with Gasteiger partial charge in [0, 0.05) is 12.6 Å². The Labute approximate surface area is 152 Å². The maximum Gasteiger partial charge on any atom is 0.331 e. The van der Waals surface area contributed by atoms with Crippen molar-refractivity contribution in [1.82, 2.24) is 4.90 Å². The molecular formula is C19H24N2O5. The summed E-state index contributed by atoms with van der Waals surface area (Å²) in [6.45, 7) is 2.53. The second kappa shape index (κ2) is 9.60. The number of nitrogens with two attached hydrogens (primary N) is 1. The third-order valence-corrected chi connectivity index (χ3v) is 4.09. The smallest absolute Gasteiger partial charge is 0.331 e. The van der Waals surface area contributed by atoms with Crippen LogP contribution < -0.4 is 10.5 Å². The summed E-state index contributed by atoms with van der Waals surface area (Å²) in [4.78, 5) is 36.8. The van der Waals surface area contributed by atoms with Gasteiger partial charge in [0.2, 0.25) is 5.91 Å². The Morgan fingerprint density at radius 1 is 1.23 bits per heavy atom. The second-order valence-electron chi connectivity index (χ2n) is 5.94. The van der Waals surface area contributed by atoms with Gasteiger partial charge in [-0.15, -0.1) is 0 Å². The number of hydrogen-bond acceptors (Lipinski definition) is 5. The van der Waals surface area contributed by atoms with Crippen LogP contribution in [0.25, 0.3) is 6.08 Å². The van der Waals surface area contributed by atoms with Crippen molar-refractivity contribution < 1.29 is 23.9 Å². The minimum Gasteiger partial charge on any atom is -0.494 e. The predicted molar refractivity (Wildman–Crippen MR) is 96.2 cm³/mol. The van der Waals surface area contributed by atoms with Gasteiger partial charge in [-0.05, 0) is 50.0 Å². The molecule has 1 aliphatic rings. The van der Waals surface area contributed by atoms with Crippen molar-refractivity contribution in [3.05, 3.63) is 35.9 Å². The molecule has 2 rings (SSSR count). The zero-order valence-corrected chi connectivity index (χ0v) is 14.8. The Bertz CT molecular complexity index is 669. The van der Waals surface area contributed by atoms with E-state index in [0.717, 1.165) is 24.2 Å². The van der Waals surface area contributed by atoms with Crippen molar-refractivity contribution >= 4 is 23.9 Å². The molecule has 1 atom stereocenters. The molecule has 1 aromatic carbocycles. The molecule has 2 amide bonds. The second-order valence-corrected chi connectivity index (χ2v) is 5.94. The first-order valence-electron chi connectivity index (χ1n) is 8.67. The van der Waals surface area contributed by atoms with E-state index in [1.807, 2.05) is 19.1 Å². The number of likely N-dealkylation sites (tertiary alicyclic amines) is 1. The maximum atomic E-state index is 12.2. The molecule has 1 aliphatic heterocycles. The van der Waals surface area contributed by atoms with Gasteiger partial charge in [-0.1, -0.05) is 12.1 Å². The zero-order chi connectivity index (χ0) is 18.9. The Morgan fingerprint density at radius 3 is 2.62 bits per heavy atom. The summed E-state index contributed by atoms with van der Waals surface area (Å²) in [5.41, 5.74) is 6.14. The van der Waals surface area contributed by atoms with Crippen LogP contribution in [0.4, 0.5) is 0 Å². The van der Waals surface area contributed by atoms with E-state index in [4.69, 9.17) is 15.2 Å². The number of primary amides is 1. The fourth-order valence-electron chi connectivity index (χ4n) is 2.80. The highest BCUT2D eigenvalue weighted by atomic mass is 16.5. The Hall–Kier alpha value is -2.83. The highest BCUT2D eigenvalue weighted by Crippen LogP contribution is 2.17. The number of esters is 1. The van der Waals surface area contributed by atoms with Gasteiger partial charge in [-0.2, -0.15) is 0 Å². The van der Waals surface area contributed by atoms with Crippen LogP contribution in [0.5, 0.6) is 5.75 Å². The first kappa shape index (κ1) is 19.5. The molecule has 0 radical (unpaired) electrons. The average molecular weight is 360 g/mol. The lowest BCUT2D eigenvalue weighted by molar-refractivity contribution is -0.151. The van der Waals surface area contributed by atoms with Crippen LogP contribution in [0.15, 0.2) is 30.3 Å². The summed E-state index contributed by atoms with van der Waals surface area (Å²) < 4.78 is 10.3. The third-order valence-electron chi connectivity index (χ3n) is 4.09. The topological polar surface area (TPSA) is 98.9 Å². The van der Waals surface area contributed by atoms with E-state index >= 15 is 0 Å². The van der Waals surface area contributed by atoms with Crippen molar-refractivity contribution in [3.8, 4) is 5.75 Å². The molecule has 0 bridgehead atoms. The molecular weight excluding hydrogens is 336 g/mol. The minimum absolute atomic E-state index is 0.406. The molecule has 1 fully saturated rings. The molecule has 7 heteroatoms. The van der Waals surface area contributed by atoms with E-state index in [2.05, 4.69) is 0 Å². The fourth-order valence-corrected chi connectivity index (χ4v) is 2.80.